The van der Waals surface area contributed by atoms with Crippen LogP contribution in [0, 0.1) is 0 Å². The number of aliphatic hydroxyl groups is 1. The summed E-state index contributed by atoms with van der Waals surface area (Å²) in [7, 11) is 0. The van der Waals surface area contributed by atoms with Crippen LogP contribution in [0.15, 0.2) is 94.4 Å². The summed E-state index contributed by atoms with van der Waals surface area (Å²) in [5, 5.41) is 23.3. The SMILES string of the molecule is O=C(O)/C=C/C(=O)Nc1cc(SC2=C(O)C(=O)N(c3cccc(Cl)c3)C2c2ccc(Cl)cc2)ccc1Cl. The Labute approximate surface area is 230 Å². The quantitative estimate of drug-likeness (QED) is 0.265. The van der Waals surface area contributed by atoms with E-state index in [9.17, 15) is 19.5 Å². The van der Waals surface area contributed by atoms with E-state index >= 15 is 0 Å². The molecule has 3 aromatic carbocycles. The summed E-state index contributed by atoms with van der Waals surface area (Å²) in [4.78, 5) is 38.3. The topological polar surface area (TPSA) is 107 Å². The van der Waals surface area contributed by atoms with Crippen LogP contribution in [-0.4, -0.2) is 28.0 Å². The fourth-order valence-corrected chi connectivity index (χ4v) is 5.22. The van der Waals surface area contributed by atoms with E-state index in [1.54, 1.807) is 66.7 Å². The Balaban J connectivity index is 1.72. The Hall–Kier alpha value is -3.43. The molecule has 0 spiro atoms. The van der Waals surface area contributed by atoms with Gasteiger partial charge < -0.3 is 15.5 Å². The molecule has 1 atom stereocenters. The molecular weight excluding hydrogens is 559 g/mol. The fraction of sp³-hybridized carbons (Fsp3) is 0.0385. The van der Waals surface area contributed by atoms with E-state index in [0.717, 1.165) is 17.8 Å². The van der Waals surface area contributed by atoms with Crippen LogP contribution in [0.1, 0.15) is 11.6 Å². The van der Waals surface area contributed by atoms with Gasteiger partial charge in [0.15, 0.2) is 5.76 Å². The van der Waals surface area contributed by atoms with Gasteiger partial charge >= 0.3 is 5.97 Å². The maximum atomic E-state index is 13.3. The molecule has 4 rings (SSSR count). The van der Waals surface area contributed by atoms with Crippen molar-refractivity contribution in [2.75, 3.05) is 10.2 Å². The van der Waals surface area contributed by atoms with Crippen molar-refractivity contribution in [1.29, 1.82) is 0 Å². The number of aliphatic carboxylic acids is 1. The van der Waals surface area contributed by atoms with Crippen molar-refractivity contribution in [3.05, 3.63) is 110 Å². The largest absolute Gasteiger partial charge is 0.502 e. The van der Waals surface area contributed by atoms with Gasteiger partial charge in [0.25, 0.3) is 5.91 Å². The van der Waals surface area contributed by atoms with Crippen LogP contribution >= 0.6 is 46.6 Å². The number of carbonyl (C=O) groups is 3. The monoisotopic (exact) mass is 574 g/mol. The second-order valence-electron chi connectivity index (χ2n) is 7.73. The van der Waals surface area contributed by atoms with Crippen molar-refractivity contribution >= 4 is 75.7 Å². The molecule has 1 aliphatic rings. The van der Waals surface area contributed by atoms with E-state index in [1.807, 2.05) is 0 Å². The number of nitrogens with one attached hydrogen (secondary N) is 1. The van der Waals surface area contributed by atoms with Crippen molar-refractivity contribution in [1.82, 2.24) is 0 Å². The third-order valence-electron chi connectivity index (χ3n) is 5.23. The molecule has 3 aromatic rings. The second-order valence-corrected chi connectivity index (χ2v) is 10.1. The van der Waals surface area contributed by atoms with Gasteiger partial charge in [0.1, 0.15) is 0 Å². The number of carboxylic acids is 1. The van der Waals surface area contributed by atoms with Crippen LogP contribution in [0.2, 0.25) is 15.1 Å². The molecular formula is C26H17Cl3N2O5S. The fourth-order valence-electron chi connectivity index (χ4n) is 3.64. The number of rotatable bonds is 7. The molecule has 0 radical (unpaired) electrons. The number of nitrogens with zero attached hydrogens (tertiary/aromatic N) is 1. The molecule has 0 saturated heterocycles. The summed E-state index contributed by atoms with van der Waals surface area (Å²) in [6, 6.07) is 17.7. The molecule has 0 aromatic heterocycles. The van der Waals surface area contributed by atoms with E-state index < -0.39 is 29.6 Å². The van der Waals surface area contributed by atoms with Gasteiger partial charge in [-0.2, -0.15) is 0 Å². The minimum atomic E-state index is -1.27. The number of carboxylic acid groups (broad SMARTS) is 1. The van der Waals surface area contributed by atoms with Gasteiger partial charge in [0.2, 0.25) is 5.91 Å². The number of hydrogen-bond acceptors (Lipinski definition) is 5. The normalized spacial score (nSPS) is 15.5. The maximum Gasteiger partial charge on any atom is 0.328 e. The first-order valence-corrected chi connectivity index (χ1v) is 12.6. The van der Waals surface area contributed by atoms with Crippen LogP contribution in [0.5, 0.6) is 0 Å². The number of aliphatic hydroxyl groups excluding tert-OH is 1. The van der Waals surface area contributed by atoms with Gasteiger partial charge in [-0.1, -0.05) is 64.8 Å². The Morgan fingerprint density at radius 2 is 1.68 bits per heavy atom. The molecule has 1 aliphatic heterocycles. The lowest BCUT2D eigenvalue weighted by molar-refractivity contribution is -0.131. The molecule has 1 heterocycles. The van der Waals surface area contributed by atoms with Crippen molar-refractivity contribution in [2.24, 2.45) is 0 Å². The molecule has 7 nitrogen and oxygen atoms in total. The van der Waals surface area contributed by atoms with Gasteiger partial charge in [-0.3, -0.25) is 14.5 Å². The molecule has 37 heavy (non-hydrogen) atoms. The highest BCUT2D eigenvalue weighted by atomic mass is 35.5. The minimum Gasteiger partial charge on any atom is -0.502 e. The number of halogens is 3. The molecule has 2 amide bonds. The molecule has 188 valence electrons. The molecule has 1 unspecified atom stereocenters. The first kappa shape index (κ1) is 26.6. The molecule has 11 heteroatoms. The van der Waals surface area contributed by atoms with Gasteiger partial charge in [-0.05, 0) is 54.1 Å². The van der Waals surface area contributed by atoms with Crippen molar-refractivity contribution in [3.8, 4) is 0 Å². The third kappa shape index (κ3) is 6.11. The Kier molecular flexibility index (Phi) is 8.14. The van der Waals surface area contributed by atoms with Gasteiger partial charge in [-0.15, -0.1) is 0 Å². The van der Waals surface area contributed by atoms with Gasteiger partial charge in [-0.25, -0.2) is 4.79 Å². The summed E-state index contributed by atoms with van der Waals surface area (Å²) < 4.78 is 0. The second kappa shape index (κ2) is 11.3. The van der Waals surface area contributed by atoms with Crippen LogP contribution in [0.25, 0.3) is 0 Å². The van der Waals surface area contributed by atoms with Crippen molar-refractivity contribution in [2.45, 2.75) is 10.9 Å². The molecule has 0 bridgehead atoms. The summed E-state index contributed by atoms with van der Waals surface area (Å²) in [6.45, 7) is 0. The number of anilines is 2. The highest BCUT2D eigenvalue weighted by Gasteiger charge is 2.42. The average Bonchev–Trinajstić information content (AvgIpc) is 3.10. The molecule has 0 fully saturated rings. The van der Waals surface area contributed by atoms with E-state index in [1.165, 1.54) is 4.90 Å². The van der Waals surface area contributed by atoms with Crippen molar-refractivity contribution < 1.29 is 24.6 Å². The Bertz CT molecular complexity index is 1460. The number of thioether (sulfide) groups is 1. The summed E-state index contributed by atoms with van der Waals surface area (Å²) in [5.74, 6) is -2.99. The first-order valence-electron chi connectivity index (χ1n) is 10.6. The van der Waals surface area contributed by atoms with Crippen LogP contribution < -0.4 is 10.2 Å². The highest BCUT2D eigenvalue weighted by Crippen LogP contribution is 2.48. The smallest absolute Gasteiger partial charge is 0.328 e. The Morgan fingerprint density at radius 1 is 0.946 bits per heavy atom. The zero-order valence-corrected chi connectivity index (χ0v) is 21.8. The highest BCUT2D eigenvalue weighted by molar-refractivity contribution is 8.03. The van der Waals surface area contributed by atoms with E-state index in [0.29, 0.717) is 37.2 Å². The summed E-state index contributed by atoms with van der Waals surface area (Å²) in [6.07, 6.45) is 1.57. The number of hydrogen-bond donors (Lipinski definition) is 3. The first-order chi connectivity index (χ1) is 17.6. The minimum absolute atomic E-state index is 0.219. The lowest BCUT2D eigenvalue weighted by atomic mass is 10.1. The molecule has 3 N–H and O–H groups in total. The molecule has 0 aliphatic carbocycles. The Morgan fingerprint density at radius 3 is 2.35 bits per heavy atom. The lowest BCUT2D eigenvalue weighted by Gasteiger charge is -2.27. The van der Waals surface area contributed by atoms with E-state index in [2.05, 4.69) is 5.32 Å². The third-order valence-corrected chi connectivity index (χ3v) is 7.18. The predicted molar refractivity (Wildman–Crippen MR) is 146 cm³/mol. The van der Waals surface area contributed by atoms with Crippen LogP contribution in [0.3, 0.4) is 0 Å². The maximum absolute atomic E-state index is 13.3. The van der Waals surface area contributed by atoms with Crippen LogP contribution in [-0.2, 0) is 14.4 Å². The number of amides is 2. The lowest BCUT2D eigenvalue weighted by Crippen LogP contribution is -2.30. The standard InChI is InChI=1S/C26H17Cl3N2O5S/c27-15-6-4-14(5-7-15)23-25(24(35)26(36)31(23)17-3-1-2-16(28)12-17)37-18-8-9-19(29)20(13-18)30-21(32)10-11-22(33)34/h1-13,23,35H,(H,30,32)(H,33,34)/b11-10+. The average molecular weight is 576 g/mol. The van der Waals surface area contributed by atoms with E-state index in [-0.39, 0.29) is 10.7 Å². The van der Waals surface area contributed by atoms with Crippen LogP contribution in [0.4, 0.5) is 11.4 Å². The predicted octanol–water partition coefficient (Wildman–Crippen LogP) is 6.88. The van der Waals surface area contributed by atoms with E-state index in [4.69, 9.17) is 39.9 Å². The van der Waals surface area contributed by atoms with Crippen molar-refractivity contribution in [3.63, 3.8) is 0 Å². The summed E-state index contributed by atoms with van der Waals surface area (Å²) in [5.41, 5.74) is 1.42. The number of carbonyl (C=O) groups excluding carboxylic acids is 2. The number of benzene rings is 3. The van der Waals surface area contributed by atoms with Gasteiger partial charge in [0.05, 0.1) is 21.7 Å². The van der Waals surface area contributed by atoms with Gasteiger partial charge in [0, 0.05) is 32.8 Å². The zero-order valence-electron chi connectivity index (χ0n) is 18.7. The molecule has 0 saturated carbocycles. The zero-order chi connectivity index (χ0) is 26.7. The summed E-state index contributed by atoms with van der Waals surface area (Å²) >= 11 is 19.6.